The maximum absolute atomic E-state index is 12.6. The van der Waals surface area contributed by atoms with Crippen molar-refractivity contribution in [1.29, 1.82) is 0 Å². The smallest absolute Gasteiger partial charge is 0.243 e. The average Bonchev–Trinajstić information content (AvgIpc) is 2.35. The average molecular weight is 270 g/mol. The molecule has 100 valence electrons. The van der Waals surface area contributed by atoms with Gasteiger partial charge in [-0.2, -0.15) is 4.31 Å². The lowest BCUT2D eigenvalue weighted by atomic mass is 10.1. The molecule has 1 aliphatic heterocycles. The molecule has 0 saturated carbocycles. The number of ether oxygens (including phenoxy) is 1. The summed E-state index contributed by atoms with van der Waals surface area (Å²) in [6.07, 6.45) is 0. The van der Waals surface area contributed by atoms with Crippen LogP contribution in [-0.2, 0) is 14.8 Å². The van der Waals surface area contributed by atoms with E-state index in [1.165, 1.54) is 4.31 Å². The van der Waals surface area contributed by atoms with Crippen molar-refractivity contribution >= 4 is 15.7 Å². The van der Waals surface area contributed by atoms with Gasteiger partial charge in [-0.1, -0.05) is 6.07 Å². The van der Waals surface area contributed by atoms with Crippen LogP contribution < -0.4 is 5.73 Å². The second kappa shape index (κ2) is 4.87. The SMILES string of the molecule is Cc1ccc(N)c(C)c1S(=O)(=O)N1CCOCC1. The quantitative estimate of drug-likeness (QED) is 0.811. The van der Waals surface area contributed by atoms with E-state index in [2.05, 4.69) is 0 Å². The van der Waals surface area contributed by atoms with Gasteiger partial charge in [-0.3, -0.25) is 0 Å². The van der Waals surface area contributed by atoms with E-state index in [-0.39, 0.29) is 0 Å². The fraction of sp³-hybridized carbons (Fsp3) is 0.500. The monoisotopic (exact) mass is 270 g/mol. The fourth-order valence-corrected chi connectivity index (χ4v) is 4.02. The van der Waals surface area contributed by atoms with Crippen molar-refractivity contribution in [2.75, 3.05) is 32.0 Å². The van der Waals surface area contributed by atoms with Crippen molar-refractivity contribution in [3.63, 3.8) is 0 Å². The van der Waals surface area contributed by atoms with Gasteiger partial charge in [-0.15, -0.1) is 0 Å². The molecule has 6 heteroatoms. The number of aryl methyl sites for hydroxylation is 1. The largest absolute Gasteiger partial charge is 0.398 e. The molecule has 1 aliphatic rings. The minimum atomic E-state index is -3.47. The third-order valence-corrected chi connectivity index (χ3v) is 5.40. The Kier molecular flexibility index (Phi) is 3.61. The second-order valence-corrected chi connectivity index (χ2v) is 6.32. The Bertz CT molecular complexity index is 549. The number of benzene rings is 1. The summed E-state index contributed by atoms with van der Waals surface area (Å²) in [5.41, 5.74) is 7.67. The van der Waals surface area contributed by atoms with E-state index in [0.29, 0.717) is 42.4 Å². The van der Waals surface area contributed by atoms with E-state index in [0.717, 1.165) is 5.56 Å². The Hall–Kier alpha value is -1.11. The number of anilines is 1. The number of hydrogen-bond donors (Lipinski definition) is 1. The Morgan fingerprint density at radius 3 is 2.44 bits per heavy atom. The first kappa shape index (κ1) is 13.3. The van der Waals surface area contributed by atoms with Crippen molar-refractivity contribution in [2.24, 2.45) is 0 Å². The number of rotatable bonds is 2. The van der Waals surface area contributed by atoms with Crippen LogP contribution in [0.25, 0.3) is 0 Å². The molecule has 2 N–H and O–H groups in total. The lowest BCUT2D eigenvalue weighted by Crippen LogP contribution is -2.41. The lowest BCUT2D eigenvalue weighted by Gasteiger charge is -2.27. The minimum Gasteiger partial charge on any atom is -0.398 e. The van der Waals surface area contributed by atoms with E-state index in [1.807, 2.05) is 0 Å². The highest BCUT2D eigenvalue weighted by Gasteiger charge is 2.29. The topological polar surface area (TPSA) is 72.6 Å². The summed E-state index contributed by atoms with van der Waals surface area (Å²) < 4.78 is 31.8. The predicted molar refractivity (Wildman–Crippen MR) is 69.9 cm³/mol. The molecule has 0 radical (unpaired) electrons. The van der Waals surface area contributed by atoms with Crippen LogP contribution in [0.15, 0.2) is 17.0 Å². The standard InChI is InChI=1S/C12H18N2O3S/c1-9-3-4-11(13)10(2)12(9)18(15,16)14-5-7-17-8-6-14/h3-4H,5-8,13H2,1-2H3. The Balaban J connectivity index is 2.50. The first-order valence-electron chi connectivity index (χ1n) is 5.88. The number of nitrogens with zero attached hydrogens (tertiary/aromatic N) is 1. The molecule has 1 fully saturated rings. The molecule has 0 bridgehead atoms. The Morgan fingerprint density at radius 1 is 1.22 bits per heavy atom. The van der Waals surface area contributed by atoms with Gasteiger partial charge < -0.3 is 10.5 Å². The third kappa shape index (κ3) is 2.23. The highest BCUT2D eigenvalue weighted by Crippen LogP contribution is 2.27. The number of hydrogen-bond acceptors (Lipinski definition) is 4. The molecule has 0 amide bonds. The third-order valence-electron chi connectivity index (χ3n) is 3.21. The minimum absolute atomic E-state index is 0.337. The number of nitrogen functional groups attached to an aromatic ring is 1. The van der Waals surface area contributed by atoms with Crippen LogP contribution in [0, 0.1) is 13.8 Å². The summed E-state index contributed by atoms with van der Waals surface area (Å²) in [5.74, 6) is 0. The molecule has 1 aromatic rings. The van der Waals surface area contributed by atoms with E-state index >= 15 is 0 Å². The number of nitrogens with two attached hydrogens (primary N) is 1. The maximum atomic E-state index is 12.6. The predicted octanol–water partition coefficient (Wildman–Crippen LogP) is 0.907. The highest BCUT2D eigenvalue weighted by molar-refractivity contribution is 7.89. The Morgan fingerprint density at radius 2 is 1.83 bits per heavy atom. The summed E-state index contributed by atoms with van der Waals surface area (Å²) in [7, 11) is -3.47. The Labute approximate surface area is 108 Å². The van der Waals surface area contributed by atoms with Crippen molar-refractivity contribution in [3.05, 3.63) is 23.3 Å². The molecular formula is C12H18N2O3S. The first-order chi connectivity index (χ1) is 8.44. The van der Waals surface area contributed by atoms with E-state index < -0.39 is 10.0 Å². The van der Waals surface area contributed by atoms with Crippen LogP contribution in [0.4, 0.5) is 5.69 Å². The van der Waals surface area contributed by atoms with Crippen LogP contribution in [0.2, 0.25) is 0 Å². The van der Waals surface area contributed by atoms with Gasteiger partial charge in [0.05, 0.1) is 18.1 Å². The summed E-state index contributed by atoms with van der Waals surface area (Å²) in [4.78, 5) is 0.337. The van der Waals surface area contributed by atoms with Gasteiger partial charge in [0.25, 0.3) is 0 Å². The van der Waals surface area contributed by atoms with E-state index in [4.69, 9.17) is 10.5 Å². The van der Waals surface area contributed by atoms with Crippen molar-refractivity contribution in [1.82, 2.24) is 4.31 Å². The summed E-state index contributed by atoms with van der Waals surface area (Å²) in [6.45, 7) is 5.22. The molecule has 0 aliphatic carbocycles. The van der Waals surface area contributed by atoms with Crippen LogP contribution >= 0.6 is 0 Å². The van der Waals surface area contributed by atoms with Gasteiger partial charge in [-0.05, 0) is 31.0 Å². The lowest BCUT2D eigenvalue weighted by molar-refractivity contribution is 0.0730. The molecule has 0 spiro atoms. The highest BCUT2D eigenvalue weighted by atomic mass is 32.2. The fourth-order valence-electron chi connectivity index (χ4n) is 2.16. The van der Waals surface area contributed by atoms with Crippen LogP contribution in [-0.4, -0.2) is 39.0 Å². The number of morpholine rings is 1. The first-order valence-corrected chi connectivity index (χ1v) is 7.32. The zero-order valence-electron chi connectivity index (χ0n) is 10.6. The van der Waals surface area contributed by atoms with Crippen molar-refractivity contribution < 1.29 is 13.2 Å². The normalized spacial score (nSPS) is 17.9. The van der Waals surface area contributed by atoms with Gasteiger partial charge in [0.1, 0.15) is 0 Å². The number of sulfonamides is 1. The summed E-state index contributed by atoms with van der Waals surface area (Å²) in [5, 5.41) is 0. The molecule has 1 aromatic carbocycles. The maximum Gasteiger partial charge on any atom is 0.243 e. The van der Waals surface area contributed by atoms with Crippen molar-refractivity contribution in [2.45, 2.75) is 18.7 Å². The van der Waals surface area contributed by atoms with Crippen LogP contribution in [0.3, 0.4) is 0 Å². The van der Waals surface area contributed by atoms with E-state index in [9.17, 15) is 8.42 Å². The second-order valence-electron chi connectivity index (χ2n) is 4.44. The molecule has 1 heterocycles. The zero-order valence-corrected chi connectivity index (χ0v) is 11.5. The molecule has 0 unspecified atom stereocenters. The molecule has 18 heavy (non-hydrogen) atoms. The van der Waals surface area contributed by atoms with Gasteiger partial charge in [0.2, 0.25) is 10.0 Å². The summed E-state index contributed by atoms with van der Waals surface area (Å²) >= 11 is 0. The zero-order chi connectivity index (χ0) is 13.3. The molecule has 2 rings (SSSR count). The van der Waals surface area contributed by atoms with Crippen LogP contribution in [0.5, 0.6) is 0 Å². The van der Waals surface area contributed by atoms with Gasteiger partial charge in [0.15, 0.2) is 0 Å². The van der Waals surface area contributed by atoms with Gasteiger partial charge in [-0.25, -0.2) is 8.42 Å². The van der Waals surface area contributed by atoms with E-state index in [1.54, 1.807) is 26.0 Å². The van der Waals surface area contributed by atoms with Gasteiger partial charge in [0, 0.05) is 18.8 Å². The van der Waals surface area contributed by atoms with Gasteiger partial charge >= 0.3 is 0 Å². The van der Waals surface area contributed by atoms with Crippen LogP contribution in [0.1, 0.15) is 11.1 Å². The molecule has 0 atom stereocenters. The van der Waals surface area contributed by atoms with Crippen molar-refractivity contribution in [3.8, 4) is 0 Å². The molecule has 5 nitrogen and oxygen atoms in total. The molecule has 0 aromatic heterocycles. The summed E-state index contributed by atoms with van der Waals surface area (Å²) in [6, 6.07) is 3.48. The molecular weight excluding hydrogens is 252 g/mol. The molecule has 1 saturated heterocycles.